The van der Waals surface area contributed by atoms with Crippen LogP contribution in [0.5, 0.6) is 0 Å². The molecule has 14 heavy (non-hydrogen) atoms. The quantitative estimate of drug-likeness (QED) is 0.775. The number of ether oxygens (including phenoxy) is 1. The van der Waals surface area contributed by atoms with Gasteiger partial charge in [0.1, 0.15) is 11.9 Å². The van der Waals surface area contributed by atoms with Crippen LogP contribution in [0.25, 0.3) is 0 Å². The van der Waals surface area contributed by atoms with Gasteiger partial charge < -0.3 is 14.3 Å². The minimum atomic E-state index is -1.08. The van der Waals surface area contributed by atoms with Crippen LogP contribution in [0.2, 0.25) is 0 Å². The number of aromatic carboxylic acids is 1. The van der Waals surface area contributed by atoms with Crippen LogP contribution in [0.1, 0.15) is 36.1 Å². The predicted octanol–water partition coefficient (Wildman–Crippen LogP) is 1.40. The van der Waals surface area contributed by atoms with Gasteiger partial charge in [0.15, 0.2) is 5.69 Å². The summed E-state index contributed by atoms with van der Waals surface area (Å²) in [5.74, 6) is -0.728. The number of oxazole rings is 1. The fraction of sp³-hybridized carbons (Fsp3) is 0.556. The van der Waals surface area contributed by atoms with Gasteiger partial charge in [-0.25, -0.2) is 9.78 Å². The second-order valence-electron chi connectivity index (χ2n) is 3.53. The molecule has 1 aromatic rings. The molecule has 1 unspecified atom stereocenters. The number of carboxylic acid groups (broad SMARTS) is 1. The van der Waals surface area contributed by atoms with Crippen LogP contribution in [0.4, 0.5) is 0 Å². The molecule has 76 valence electrons. The summed E-state index contributed by atoms with van der Waals surface area (Å²) in [5.41, 5.74) is -0.620. The smallest absolute Gasteiger partial charge is 0.357 e. The van der Waals surface area contributed by atoms with Gasteiger partial charge in [0.2, 0.25) is 5.89 Å². The highest BCUT2D eigenvalue weighted by Crippen LogP contribution is 2.34. The summed E-state index contributed by atoms with van der Waals surface area (Å²) in [7, 11) is 0. The molecule has 0 amide bonds. The number of carbonyl (C=O) groups is 1. The molecule has 1 saturated heterocycles. The van der Waals surface area contributed by atoms with E-state index in [1.54, 1.807) is 0 Å². The molecule has 0 spiro atoms. The molecule has 2 heterocycles. The SMILES string of the molecule is CC1(c2nc(C(=O)O)co2)CCCO1. The summed E-state index contributed by atoms with van der Waals surface area (Å²) in [6.07, 6.45) is 2.90. The molecule has 0 aliphatic carbocycles. The summed E-state index contributed by atoms with van der Waals surface area (Å²) in [6.45, 7) is 2.53. The third kappa shape index (κ3) is 1.39. The Labute approximate surface area is 80.7 Å². The lowest BCUT2D eigenvalue weighted by molar-refractivity contribution is -0.00532. The average Bonchev–Trinajstić information content (AvgIpc) is 2.71. The van der Waals surface area contributed by atoms with Crippen molar-refractivity contribution in [3.05, 3.63) is 17.8 Å². The third-order valence-corrected chi connectivity index (χ3v) is 2.39. The van der Waals surface area contributed by atoms with Crippen molar-refractivity contribution < 1.29 is 19.1 Å². The number of aromatic nitrogens is 1. The highest BCUT2D eigenvalue weighted by atomic mass is 16.5. The molecular formula is C9H11NO4. The van der Waals surface area contributed by atoms with Gasteiger partial charge >= 0.3 is 5.97 Å². The highest BCUT2D eigenvalue weighted by molar-refractivity contribution is 5.84. The van der Waals surface area contributed by atoms with Gasteiger partial charge in [-0.1, -0.05) is 0 Å². The summed E-state index contributed by atoms with van der Waals surface area (Å²) in [5, 5.41) is 8.66. The van der Waals surface area contributed by atoms with E-state index >= 15 is 0 Å². The van der Waals surface area contributed by atoms with Crippen LogP contribution < -0.4 is 0 Å². The molecule has 5 heteroatoms. The second kappa shape index (κ2) is 3.09. The summed E-state index contributed by atoms with van der Waals surface area (Å²) in [6, 6.07) is 0. The lowest BCUT2D eigenvalue weighted by Gasteiger charge is -2.17. The summed E-state index contributed by atoms with van der Waals surface area (Å²) < 4.78 is 10.6. The molecule has 0 radical (unpaired) electrons. The van der Waals surface area contributed by atoms with Gasteiger partial charge in [-0.15, -0.1) is 0 Å². The molecule has 0 bridgehead atoms. The van der Waals surface area contributed by atoms with Crippen molar-refractivity contribution in [3.63, 3.8) is 0 Å². The molecule has 1 aliphatic rings. The predicted molar refractivity (Wildman–Crippen MR) is 46.0 cm³/mol. The molecule has 0 aromatic carbocycles. The summed E-state index contributed by atoms with van der Waals surface area (Å²) in [4.78, 5) is 14.4. The van der Waals surface area contributed by atoms with Crippen molar-refractivity contribution in [1.82, 2.24) is 4.98 Å². The number of hydrogen-bond acceptors (Lipinski definition) is 4. The lowest BCUT2D eigenvalue weighted by atomic mass is 10.0. The van der Waals surface area contributed by atoms with E-state index in [4.69, 9.17) is 14.3 Å². The van der Waals surface area contributed by atoms with Crippen molar-refractivity contribution in [3.8, 4) is 0 Å². The molecule has 0 saturated carbocycles. The number of hydrogen-bond donors (Lipinski definition) is 1. The fourth-order valence-corrected chi connectivity index (χ4v) is 1.56. The van der Waals surface area contributed by atoms with Crippen molar-refractivity contribution in [2.75, 3.05) is 6.61 Å². The van der Waals surface area contributed by atoms with E-state index in [-0.39, 0.29) is 5.69 Å². The first-order valence-electron chi connectivity index (χ1n) is 4.45. The Morgan fingerprint density at radius 1 is 1.71 bits per heavy atom. The Balaban J connectivity index is 2.28. The van der Waals surface area contributed by atoms with Gasteiger partial charge in [-0.05, 0) is 19.8 Å². The van der Waals surface area contributed by atoms with E-state index in [0.29, 0.717) is 12.5 Å². The molecule has 1 aliphatic heterocycles. The first kappa shape index (κ1) is 9.21. The van der Waals surface area contributed by atoms with Crippen LogP contribution in [0, 0.1) is 0 Å². The zero-order valence-electron chi connectivity index (χ0n) is 7.82. The van der Waals surface area contributed by atoms with Crippen molar-refractivity contribution in [1.29, 1.82) is 0 Å². The van der Waals surface area contributed by atoms with Crippen LogP contribution in [-0.4, -0.2) is 22.7 Å². The van der Waals surface area contributed by atoms with E-state index in [9.17, 15) is 4.79 Å². The normalized spacial score (nSPS) is 26.6. The minimum absolute atomic E-state index is 0.0725. The van der Waals surface area contributed by atoms with Crippen molar-refractivity contribution in [2.24, 2.45) is 0 Å². The molecule has 1 aromatic heterocycles. The maximum absolute atomic E-state index is 10.6. The monoisotopic (exact) mass is 197 g/mol. The maximum atomic E-state index is 10.6. The number of nitrogens with zero attached hydrogens (tertiary/aromatic N) is 1. The van der Waals surface area contributed by atoms with E-state index < -0.39 is 11.6 Å². The zero-order valence-corrected chi connectivity index (χ0v) is 7.82. The Bertz CT molecular complexity index is 351. The van der Waals surface area contributed by atoms with E-state index in [1.165, 1.54) is 0 Å². The van der Waals surface area contributed by atoms with Crippen LogP contribution in [0.3, 0.4) is 0 Å². The largest absolute Gasteiger partial charge is 0.476 e. The Kier molecular flexibility index (Phi) is 2.03. The summed E-state index contributed by atoms with van der Waals surface area (Å²) >= 11 is 0. The standard InChI is InChI=1S/C9H11NO4/c1-9(3-2-4-14-9)8-10-6(5-13-8)7(11)12/h5H,2-4H2,1H3,(H,11,12). The first-order valence-corrected chi connectivity index (χ1v) is 4.45. The zero-order chi connectivity index (χ0) is 10.2. The van der Waals surface area contributed by atoms with Gasteiger partial charge in [0.05, 0.1) is 0 Å². The van der Waals surface area contributed by atoms with Crippen molar-refractivity contribution in [2.45, 2.75) is 25.4 Å². The lowest BCUT2D eigenvalue weighted by Crippen LogP contribution is -2.20. The molecule has 1 fully saturated rings. The van der Waals surface area contributed by atoms with Gasteiger partial charge in [0, 0.05) is 6.61 Å². The Hall–Kier alpha value is -1.36. The Morgan fingerprint density at radius 2 is 2.50 bits per heavy atom. The fourth-order valence-electron chi connectivity index (χ4n) is 1.56. The van der Waals surface area contributed by atoms with E-state index in [0.717, 1.165) is 19.1 Å². The molecule has 5 nitrogen and oxygen atoms in total. The van der Waals surface area contributed by atoms with Gasteiger partial charge in [-0.2, -0.15) is 0 Å². The van der Waals surface area contributed by atoms with Gasteiger partial charge in [-0.3, -0.25) is 0 Å². The first-order chi connectivity index (χ1) is 6.62. The molecule has 2 rings (SSSR count). The maximum Gasteiger partial charge on any atom is 0.357 e. The van der Waals surface area contributed by atoms with Gasteiger partial charge in [0.25, 0.3) is 0 Å². The minimum Gasteiger partial charge on any atom is -0.476 e. The van der Waals surface area contributed by atoms with E-state index in [1.807, 2.05) is 6.92 Å². The topological polar surface area (TPSA) is 72.6 Å². The average molecular weight is 197 g/mol. The number of carboxylic acids is 1. The van der Waals surface area contributed by atoms with Crippen LogP contribution in [0.15, 0.2) is 10.7 Å². The number of rotatable bonds is 2. The van der Waals surface area contributed by atoms with E-state index in [2.05, 4.69) is 4.98 Å². The molecular weight excluding hydrogens is 186 g/mol. The molecule has 1 atom stereocenters. The molecule has 1 N–H and O–H groups in total. The van der Waals surface area contributed by atoms with Crippen LogP contribution in [-0.2, 0) is 10.3 Å². The second-order valence-corrected chi connectivity index (χ2v) is 3.53. The third-order valence-electron chi connectivity index (χ3n) is 2.39. The highest BCUT2D eigenvalue weighted by Gasteiger charge is 2.37. The Morgan fingerprint density at radius 3 is 3.00 bits per heavy atom. The van der Waals surface area contributed by atoms with Crippen LogP contribution >= 0.6 is 0 Å². The van der Waals surface area contributed by atoms with Crippen molar-refractivity contribution >= 4 is 5.97 Å².